The van der Waals surface area contributed by atoms with Gasteiger partial charge in [0.1, 0.15) is 6.61 Å². The lowest BCUT2D eigenvalue weighted by atomic mass is 10.2. The molecule has 3 rings (SSSR count). The first-order chi connectivity index (χ1) is 7.83. The Hall–Kier alpha value is -1.97. The zero-order chi connectivity index (χ0) is 11.0. The van der Waals surface area contributed by atoms with Crippen LogP contribution in [0.25, 0.3) is 0 Å². The summed E-state index contributed by atoms with van der Waals surface area (Å²) in [6.07, 6.45) is -0.278. The minimum absolute atomic E-state index is 0.278. The van der Waals surface area contributed by atoms with Crippen molar-refractivity contribution in [1.82, 2.24) is 4.90 Å². The van der Waals surface area contributed by atoms with Crippen LogP contribution in [0.5, 0.6) is 0 Å². The highest BCUT2D eigenvalue weighted by Crippen LogP contribution is 2.34. The van der Waals surface area contributed by atoms with Crippen LogP contribution < -0.4 is 0 Å². The second-order valence-corrected chi connectivity index (χ2v) is 3.84. The van der Waals surface area contributed by atoms with Gasteiger partial charge >= 0.3 is 6.09 Å². The average Bonchev–Trinajstić information content (AvgIpc) is 2.94. The monoisotopic (exact) mass is 217 g/mol. The van der Waals surface area contributed by atoms with Gasteiger partial charge in [0.25, 0.3) is 0 Å². The number of hydrogen-bond acceptors (Lipinski definition) is 3. The molecule has 0 saturated heterocycles. The van der Waals surface area contributed by atoms with Crippen LogP contribution in [0.15, 0.2) is 41.9 Å². The Kier molecular flexibility index (Phi) is 2.06. The molecule has 0 atom stereocenters. The summed E-state index contributed by atoms with van der Waals surface area (Å²) in [4.78, 5) is 13.2. The third kappa shape index (κ3) is 1.74. The molecule has 1 amide bonds. The van der Waals surface area contributed by atoms with E-state index in [1.54, 1.807) is 4.90 Å². The maximum Gasteiger partial charge on any atom is 0.410 e. The molecule has 0 spiro atoms. The normalized spacial score (nSPS) is 16.9. The van der Waals surface area contributed by atoms with Crippen molar-refractivity contribution < 1.29 is 14.3 Å². The number of carbonyl (C=O) groups is 1. The number of amides is 1. The summed E-state index contributed by atoms with van der Waals surface area (Å²) in [5, 5.41) is 0. The first-order valence-corrected chi connectivity index (χ1v) is 5.18. The molecule has 1 aromatic rings. The Morgan fingerprint density at radius 1 is 1.25 bits per heavy atom. The predicted octanol–water partition coefficient (Wildman–Crippen LogP) is 1.88. The molecule has 0 saturated carbocycles. The van der Waals surface area contributed by atoms with Crippen LogP contribution in [0.2, 0.25) is 0 Å². The molecule has 2 aliphatic heterocycles. The van der Waals surface area contributed by atoms with E-state index < -0.39 is 0 Å². The van der Waals surface area contributed by atoms with Crippen LogP contribution in [-0.4, -0.2) is 24.1 Å². The van der Waals surface area contributed by atoms with E-state index in [0.717, 1.165) is 17.1 Å². The van der Waals surface area contributed by atoms with Crippen molar-refractivity contribution in [2.45, 2.75) is 6.61 Å². The fourth-order valence-electron chi connectivity index (χ4n) is 1.71. The topological polar surface area (TPSA) is 42.1 Å². The molecule has 0 bridgehead atoms. The largest absolute Gasteiger partial charge is 0.455 e. The number of rotatable bonds is 2. The van der Waals surface area contributed by atoms with Gasteiger partial charge in [-0.3, -0.25) is 4.90 Å². The average molecular weight is 217 g/mol. The zero-order valence-electron chi connectivity index (χ0n) is 8.68. The minimum Gasteiger partial charge on any atom is -0.455 e. The second kappa shape index (κ2) is 3.56. The standard InChI is InChI=1S/C12H11NO3/c14-12(13-6-10-11(7-13)16-10)15-8-9-4-2-1-3-5-9/h1-5H,6-8H2. The molecule has 0 aromatic heterocycles. The summed E-state index contributed by atoms with van der Waals surface area (Å²) in [5.74, 6) is 1.85. The third-order valence-corrected chi connectivity index (χ3v) is 2.65. The number of nitrogens with zero attached hydrogens (tertiary/aromatic N) is 1. The molecule has 0 radical (unpaired) electrons. The Balaban J connectivity index is 1.50. The van der Waals surface area contributed by atoms with Crippen LogP contribution >= 0.6 is 0 Å². The summed E-state index contributed by atoms with van der Waals surface area (Å²) in [7, 11) is 0. The smallest absolute Gasteiger partial charge is 0.410 e. The van der Waals surface area contributed by atoms with Gasteiger partial charge in [0.15, 0.2) is 11.5 Å². The number of hydrogen-bond donors (Lipinski definition) is 0. The van der Waals surface area contributed by atoms with Gasteiger partial charge < -0.3 is 9.47 Å². The molecule has 0 N–H and O–H groups in total. The molecule has 4 nitrogen and oxygen atoms in total. The van der Waals surface area contributed by atoms with E-state index in [-0.39, 0.29) is 6.09 Å². The maximum absolute atomic E-state index is 11.6. The van der Waals surface area contributed by atoms with E-state index in [0.29, 0.717) is 19.7 Å². The van der Waals surface area contributed by atoms with Crippen molar-refractivity contribution in [2.75, 3.05) is 13.1 Å². The Morgan fingerprint density at radius 3 is 2.62 bits per heavy atom. The molecule has 2 heterocycles. The Bertz CT molecular complexity index is 439. The first kappa shape index (κ1) is 9.27. The summed E-state index contributed by atoms with van der Waals surface area (Å²) in [5.41, 5.74) is 0.997. The van der Waals surface area contributed by atoms with E-state index in [9.17, 15) is 4.79 Å². The summed E-state index contributed by atoms with van der Waals surface area (Å²) < 4.78 is 10.3. The minimum atomic E-state index is -0.278. The van der Waals surface area contributed by atoms with Gasteiger partial charge in [-0.2, -0.15) is 0 Å². The second-order valence-electron chi connectivity index (χ2n) is 3.84. The molecule has 0 unspecified atom stereocenters. The van der Waals surface area contributed by atoms with Crippen molar-refractivity contribution in [3.05, 3.63) is 47.4 Å². The summed E-state index contributed by atoms with van der Waals surface area (Å²) in [6.45, 7) is 1.44. The van der Waals surface area contributed by atoms with Crippen molar-refractivity contribution in [3.8, 4) is 0 Å². The maximum atomic E-state index is 11.6. The van der Waals surface area contributed by atoms with Crippen molar-refractivity contribution in [3.63, 3.8) is 0 Å². The summed E-state index contributed by atoms with van der Waals surface area (Å²) in [6, 6.07) is 9.65. The van der Waals surface area contributed by atoms with Crippen molar-refractivity contribution in [1.29, 1.82) is 0 Å². The molecule has 0 fully saturated rings. The van der Waals surface area contributed by atoms with Gasteiger partial charge in [0.05, 0.1) is 13.1 Å². The van der Waals surface area contributed by atoms with E-state index in [1.165, 1.54) is 0 Å². The van der Waals surface area contributed by atoms with Gasteiger partial charge in [-0.25, -0.2) is 4.79 Å². The van der Waals surface area contributed by atoms with Crippen LogP contribution in [-0.2, 0) is 16.1 Å². The van der Waals surface area contributed by atoms with Crippen LogP contribution in [0, 0.1) is 0 Å². The predicted molar refractivity (Wildman–Crippen MR) is 56.3 cm³/mol. The van der Waals surface area contributed by atoms with E-state index in [1.807, 2.05) is 30.3 Å². The van der Waals surface area contributed by atoms with Gasteiger partial charge in [-0.15, -0.1) is 0 Å². The fourth-order valence-corrected chi connectivity index (χ4v) is 1.71. The highest BCUT2D eigenvalue weighted by Gasteiger charge is 2.38. The van der Waals surface area contributed by atoms with Crippen LogP contribution in [0.4, 0.5) is 4.79 Å². The molecule has 0 aliphatic carbocycles. The van der Waals surface area contributed by atoms with Crippen molar-refractivity contribution in [2.24, 2.45) is 0 Å². The van der Waals surface area contributed by atoms with Gasteiger partial charge in [-0.1, -0.05) is 30.3 Å². The third-order valence-electron chi connectivity index (χ3n) is 2.65. The Labute approximate surface area is 93.1 Å². The lowest BCUT2D eigenvalue weighted by molar-refractivity contribution is 0.0971. The number of carbonyl (C=O) groups excluding carboxylic acids is 1. The van der Waals surface area contributed by atoms with Crippen molar-refractivity contribution >= 4 is 6.09 Å². The molecule has 82 valence electrons. The fraction of sp³-hybridized carbons (Fsp3) is 0.250. The number of morpholine rings is 1. The molecule has 16 heavy (non-hydrogen) atoms. The summed E-state index contributed by atoms with van der Waals surface area (Å²) >= 11 is 0. The molecular formula is C12H11NO3. The molecule has 4 heteroatoms. The molecular weight excluding hydrogens is 206 g/mol. The quantitative estimate of drug-likeness (QED) is 0.759. The van der Waals surface area contributed by atoms with Gasteiger partial charge in [0, 0.05) is 0 Å². The van der Waals surface area contributed by atoms with E-state index >= 15 is 0 Å². The number of ether oxygens (including phenoxy) is 2. The highest BCUT2D eigenvalue weighted by atomic mass is 16.6. The molecule has 2 aliphatic rings. The van der Waals surface area contributed by atoms with E-state index in [2.05, 4.69) is 0 Å². The highest BCUT2D eigenvalue weighted by molar-refractivity contribution is 5.69. The SMILES string of the molecule is O=C(OCc1ccccc1)N1CC2=C(C1)O2. The van der Waals surface area contributed by atoms with Gasteiger partial charge in [-0.05, 0) is 5.56 Å². The van der Waals surface area contributed by atoms with E-state index in [4.69, 9.17) is 9.47 Å². The molecule has 1 aromatic carbocycles. The first-order valence-electron chi connectivity index (χ1n) is 5.18. The van der Waals surface area contributed by atoms with Crippen LogP contribution in [0.1, 0.15) is 5.56 Å². The zero-order valence-corrected chi connectivity index (χ0v) is 8.68. The lowest BCUT2D eigenvalue weighted by Crippen LogP contribution is -2.31. The number of benzene rings is 1. The van der Waals surface area contributed by atoms with Gasteiger partial charge in [0.2, 0.25) is 0 Å². The lowest BCUT2D eigenvalue weighted by Gasteiger charge is -2.17. The Morgan fingerprint density at radius 2 is 1.94 bits per heavy atom. The van der Waals surface area contributed by atoms with Crippen LogP contribution in [0.3, 0.4) is 0 Å².